The minimum Gasteiger partial charge on any atom is -0.310 e. The van der Waals surface area contributed by atoms with E-state index in [1.807, 2.05) is 0 Å². The highest BCUT2D eigenvalue weighted by atomic mass is 35.5. The van der Waals surface area contributed by atoms with Gasteiger partial charge in [-0.2, -0.15) is 0 Å². The lowest BCUT2D eigenvalue weighted by Gasteiger charge is -2.09. The summed E-state index contributed by atoms with van der Waals surface area (Å²) in [6.45, 7) is 5.12. The molecule has 2 aromatic rings. The van der Waals surface area contributed by atoms with Crippen molar-refractivity contribution in [3.63, 3.8) is 0 Å². The molecule has 0 fully saturated rings. The molecule has 21 heavy (non-hydrogen) atoms. The van der Waals surface area contributed by atoms with E-state index in [9.17, 15) is 4.39 Å². The van der Waals surface area contributed by atoms with Gasteiger partial charge in [-0.3, -0.25) is 0 Å². The van der Waals surface area contributed by atoms with Crippen molar-refractivity contribution in [1.82, 2.24) is 5.32 Å². The Morgan fingerprint density at radius 3 is 2.48 bits per heavy atom. The third-order valence-corrected chi connectivity index (χ3v) is 4.48. The van der Waals surface area contributed by atoms with Crippen molar-refractivity contribution >= 4 is 23.4 Å². The van der Waals surface area contributed by atoms with Crippen LogP contribution in [0.3, 0.4) is 0 Å². The van der Waals surface area contributed by atoms with Crippen molar-refractivity contribution in [2.75, 3.05) is 0 Å². The van der Waals surface area contributed by atoms with Gasteiger partial charge in [-0.1, -0.05) is 43.6 Å². The number of nitrogens with one attached hydrogen (secondary N) is 1. The summed E-state index contributed by atoms with van der Waals surface area (Å²) >= 11 is 7.62. The number of halogens is 2. The van der Waals surface area contributed by atoms with E-state index >= 15 is 0 Å². The van der Waals surface area contributed by atoms with E-state index in [-0.39, 0.29) is 5.82 Å². The lowest BCUT2D eigenvalue weighted by atomic mass is 10.2. The molecule has 2 aromatic carbocycles. The smallest absolute Gasteiger partial charge is 0.128 e. The van der Waals surface area contributed by atoms with E-state index in [2.05, 4.69) is 43.4 Å². The molecule has 4 heteroatoms. The molecular formula is C17H19ClFNS. The van der Waals surface area contributed by atoms with Crippen molar-refractivity contribution in [3.05, 3.63) is 64.4 Å². The first kappa shape index (κ1) is 16.3. The number of benzene rings is 2. The zero-order valence-electron chi connectivity index (χ0n) is 12.2. The Labute approximate surface area is 134 Å². The first-order valence-corrected chi connectivity index (χ1v) is 8.30. The Morgan fingerprint density at radius 1 is 1.14 bits per heavy atom. The van der Waals surface area contributed by atoms with E-state index < -0.39 is 0 Å². The first-order chi connectivity index (χ1) is 10.1. The van der Waals surface area contributed by atoms with Crippen LogP contribution in [0.25, 0.3) is 0 Å². The fraction of sp³-hybridized carbons (Fsp3) is 0.294. The van der Waals surface area contributed by atoms with Gasteiger partial charge in [0.25, 0.3) is 0 Å². The van der Waals surface area contributed by atoms with Crippen LogP contribution in [0.1, 0.15) is 25.0 Å². The zero-order chi connectivity index (χ0) is 15.2. The molecule has 1 N–H and O–H groups in total. The van der Waals surface area contributed by atoms with Gasteiger partial charge in [0.2, 0.25) is 0 Å². The average Bonchev–Trinajstić information content (AvgIpc) is 2.46. The average molecular weight is 324 g/mol. The number of hydrogen-bond donors (Lipinski definition) is 1. The number of rotatable bonds is 6. The van der Waals surface area contributed by atoms with E-state index in [0.29, 0.717) is 22.4 Å². The van der Waals surface area contributed by atoms with Crippen molar-refractivity contribution in [2.45, 2.75) is 37.1 Å². The summed E-state index contributed by atoms with van der Waals surface area (Å²) in [7, 11) is 0. The summed E-state index contributed by atoms with van der Waals surface area (Å²) in [6.07, 6.45) is 0. The molecule has 0 unspecified atom stereocenters. The molecular weight excluding hydrogens is 305 g/mol. The van der Waals surface area contributed by atoms with E-state index in [1.54, 1.807) is 23.9 Å². The fourth-order valence-electron chi connectivity index (χ4n) is 1.85. The molecule has 112 valence electrons. The number of thioether (sulfide) groups is 1. The molecule has 0 saturated carbocycles. The molecule has 0 aromatic heterocycles. The monoisotopic (exact) mass is 323 g/mol. The third-order valence-electron chi connectivity index (χ3n) is 3.08. The fourth-order valence-corrected chi connectivity index (χ4v) is 3.09. The summed E-state index contributed by atoms with van der Waals surface area (Å²) < 4.78 is 13.7. The molecule has 0 amide bonds. The maximum atomic E-state index is 13.7. The predicted molar refractivity (Wildman–Crippen MR) is 89.4 cm³/mol. The van der Waals surface area contributed by atoms with Crippen LogP contribution >= 0.6 is 23.4 Å². The second-order valence-electron chi connectivity index (χ2n) is 5.17. The van der Waals surface area contributed by atoms with E-state index in [0.717, 1.165) is 11.4 Å². The van der Waals surface area contributed by atoms with Gasteiger partial charge in [0.1, 0.15) is 5.82 Å². The summed E-state index contributed by atoms with van der Waals surface area (Å²) in [5.74, 6) is 0.294. The van der Waals surface area contributed by atoms with Gasteiger partial charge >= 0.3 is 0 Å². The van der Waals surface area contributed by atoms with Crippen molar-refractivity contribution < 1.29 is 4.39 Å². The maximum absolute atomic E-state index is 13.7. The van der Waals surface area contributed by atoms with Gasteiger partial charge in [0.05, 0.1) is 0 Å². The highest BCUT2D eigenvalue weighted by Crippen LogP contribution is 2.28. The van der Waals surface area contributed by atoms with Crippen molar-refractivity contribution in [1.29, 1.82) is 0 Å². The van der Waals surface area contributed by atoms with Gasteiger partial charge in [0.15, 0.2) is 0 Å². The van der Waals surface area contributed by atoms with Crippen LogP contribution < -0.4 is 5.32 Å². The quantitative estimate of drug-likeness (QED) is 0.727. The Balaban J connectivity index is 1.95. The van der Waals surface area contributed by atoms with Crippen LogP contribution in [0, 0.1) is 5.82 Å². The van der Waals surface area contributed by atoms with Gasteiger partial charge in [-0.15, -0.1) is 11.8 Å². The summed E-state index contributed by atoms with van der Waals surface area (Å²) in [4.78, 5) is 1.11. The second-order valence-corrected chi connectivity index (χ2v) is 6.62. The topological polar surface area (TPSA) is 12.0 Å². The Bertz CT molecular complexity index is 564. The largest absolute Gasteiger partial charge is 0.310 e. The highest BCUT2D eigenvalue weighted by molar-refractivity contribution is 7.98. The summed E-state index contributed by atoms with van der Waals surface area (Å²) in [6, 6.07) is 13.6. The molecule has 0 aliphatic rings. The van der Waals surface area contributed by atoms with Gasteiger partial charge in [0, 0.05) is 33.8 Å². The van der Waals surface area contributed by atoms with E-state index in [1.165, 1.54) is 11.6 Å². The Hall–Kier alpha value is -1.03. The van der Waals surface area contributed by atoms with Gasteiger partial charge < -0.3 is 5.32 Å². The number of hydrogen-bond acceptors (Lipinski definition) is 2. The maximum Gasteiger partial charge on any atom is 0.128 e. The second kappa shape index (κ2) is 7.83. The highest BCUT2D eigenvalue weighted by Gasteiger charge is 2.07. The molecule has 0 aliphatic carbocycles. The Morgan fingerprint density at radius 2 is 1.86 bits per heavy atom. The van der Waals surface area contributed by atoms with Gasteiger partial charge in [-0.05, 0) is 29.8 Å². The summed E-state index contributed by atoms with van der Waals surface area (Å²) in [5, 5.41) is 3.87. The van der Waals surface area contributed by atoms with Crippen LogP contribution in [0.4, 0.5) is 4.39 Å². The predicted octanol–water partition coefficient (Wildman–Crippen LogP) is 5.27. The normalized spacial score (nSPS) is 11.1. The molecule has 0 atom stereocenters. The molecule has 0 radical (unpaired) electrons. The van der Waals surface area contributed by atoms with Crippen LogP contribution in [0.15, 0.2) is 47.4 Å². The molecule has 0 bridgehead atoms. The lowest BCUT2D eigenvalue weighted by molar-refractivity contribution is 0.588. The zero-order valence-corrected chi connectivity index (χ0v) is 13.8. The molecule has 0 heterocycles. The summed E-state index contributed by atoms with van der Waals surface area (Å²) in [5.41, 5.74) is 1.81. The minimum atomic E-state index is -0.243. The van der Waals surface area contributed by atoms with Crippen LogP contribution in [0.2, 0.25) is 5.02 Å². The molecule has 0 aliphatic heterocycles. The van der Waals surface area contributed by atoms with Crippen molar-refractivity contribution in [3.8, 4) is 0 Å². The molecule has 1 nitrogen and oxygen atoms in total. The SMILES string of the molecule is CC(C)NCc1ccc(SCc2c(F)cccc2Cl)cc1. The third kappa shape index (κ3) is 5.03. The first-order valence-electron chi connectivity index (χ1n) is 6.94. The van der Waals surface area contributed by atoms with Crippen LogP contribution in [-0.4, -0.2) is 6.04 Å². The van der Waals surface area contributed by atoms with E-state index in [4.69, 9.17) is 11.6 Å². The van der Waals surface area contributed by atoms with Crippen LogP contribution in [0.5, 0.6) is 0 Å². The molecule has 2 rings (SSSR count). The standard InChI is InChI=1S/C17H19ClFNS/c1-12(2)20-10-13-6-8-14(9-7-13)21-11-15-16(18)4-3-5-17(15)19/h3-9,12,20H,10-11H2,1-2H3. The molecule has 0 spiro atoms. The lowest BCUT2D eigenvalue weighted by Crippen LogP contribution is -2.21. The Kier molecular flexibility index (Phi) is 6.09. The van der Waals surface area contributed by atoms with Crippen molar-refractivity contribution in [2.24, 2.45) is 0 Å². The molecule has 0 saturated heterocycles. The minimum absolute atomic E-state index is 0.243. The van der Waals surface area contributed by atoms with Crippen LogP contribution in [-0.2, 0) is 12.3 Å². The van der Waals surface area contributed by atoms with Gasteiger partial charge in [-0.25, -0.2) is 4.39 Å².